The van der Waals surface area contributed by atoms with Gasteiger partial charge in [-0.15, -0.1) is 12.4 Å². The Morgan fingerprint density at radius 1 is 1.41 bits per heavy atom. The Bertz CT molecular complexity index is 660. The highest BCUT2D eigenvalue weighted by atomic mass is 79.9. The molecule has 0 unspecified atom stereocenters. The Kier molecular flexibility index (Phi) is 6.83. The first-order chi connectivity index (χ1) is 9.95. The number of nitrogens with zero attached hydrogens (tertiary/aromatic N) is 2. The molecule has 2 aromatic rings. The first kappa shape index (κ1) is 18.4. The van der Waals surface area contributed by atoms with Crippen LogP contribution >= 0.6 is 28.3 Å². The topological polar surface area (TPSA) is 94.0 Å². The molecule has 120 valence electrons. The van der Waals surface area contributed by atoms with Gasteiger partial charge in [-0.3, -0.25) is 4.79 Å². The zero-order chi connectivity index (χ0) is 15.4. The van der Waals surface area contributed by atoms with Crippen molar-refractivity contribution >= 4 is 45.6 Å². The van der Waals surface area contributed by atoms with Gasteiger partial charge in [0, 0.05) is 17.3 Å². The smallest absolute Gasteiger partial charge is 0.226 e. The van der Waals surface area contributed by atoms with Crippen molar-refractivity contribution in [3.63, 3.8) is 0 Å². The van der Waals surface area contributed by atoms with Gasteiger partial charge in [-0.25, -0.2) is 0 Å². The third kappa shape index (κ3) is 4.99. The molecular formula is C14H18BrClN4O2. The predicted octanol–water partition coefficient (Wildman–Crippen LogP) is 3.41. The molecule has 0 aliphatic carbocycles. The van der Waals surface area contributed by atoms with Crippen LogP contribution in [0, 0.1) is 13.8 Å². The fourth-order valence-corrected chi connectivity index (χ4v) is 2.48. The van der Waals surface area contributed by atoms with Crippen molar-refractivity contribution in [2.45, 2.75) is 33.1 Å². The number of aryl methyl sites for hydroxylation is 3. The number of anilines is 2. The average Bonchev–Trinajstić information content (AvgIpc) is 2.81. The number of amides is 1. The van der Waals surface area contributed by atoms with Crippen molar-refractivity contribution in [2.24, 2.45) is 0 Å². The van der Waals surface area contributed by atoms with Crippen LogP contribution in [-0.2, 0) is 11.2 Å². The summed E-state index contributed by atoms with van der Waals surface area (Å²) in [6, 6.07) is 3.70. The van der Waals surface area contributed by atoms with Crippen LogP contribution in [0.15, 0.2) is 21.1 Å². The highest BCUT2D eigenvalue weighted by Crippen LogP contribution is 2.27. The van der Waals surface area contributed by atoms with Crippen molar-refractivity contribution in [1.82, 2.24) is 10.1 Å². The van der Waals surface area contributed by atoms with E-state index >= 15 is 0 Å². The number of hydrogen-bond donors (Lipinski definition) is 2. The summed E-state index contributed by atoms with van der Waals surface area (Å²) in [5.74, 6) is 1.07. The monoisotopic (exact) mass is 388 g/mol. The Labute approximate surface area is 143 Å². The van der Waals surface area contributed by atoms with Crippen LogP contribution in [0.4, 0.5) is 11.4 Å². The summed E-state index contributed by atoms with van der Waals surface area (Å²) in [5, 5.41) is 6.53. The van der Waals surface area contributed by atoms with E-state index in [1.54, 1.807) is 13.0 Å². The summed E-state index contributed by atoms with van der Waals surface area (Å²) in [6.45, 7) is 3.66. The van der Waals surface area contributed by atoms with Crippen LogP contribution in [0.2, 0.25) is 0 Å². The number of rotatable bonds is 5. The largest absolute Gasteiger partial charge is 0.397 e. The van der Waals surface area contributed by atoms with E-state index in [1.807, 2.05) is 13.0 Å². The lowest BCUT2D eigenvalue weighted by Crippen LogP contribution is -2.13. The first-order valence-corrected chi connectivity index (χ1v) is 7.39. The van der Waals surface area contributed by atoms with E-state index in [0.717, 1.165) is 10.0 Å². The number of benzene rings is 1. The van der Waals surface area contributed by atoms with E-state index in [0.29, 0.717) is 42.4 Å². The molecule has 0 saturated carbocycles. The minimum absolute atomic E-state index is 0. The lowest BCUT2D eigenvalue weighted by molar-refractivity contribution is -0.116. The van der Waals surface area contributed by atoms with Gasteiger partial charge in [-0.1, -0.05) is 21.1 Å². The molecule has 1 heterocycles. The third-order valence-corrected chi connectivity index (χ3v) is 3.45. The fourth-order valence-electron chi connectivity index (χ4n) is 1.91. The molecule has 22 heavy (non-hydrogen) atoms. The second-order valence-electron chi connectivity index (χ2n) is 4.82. The molecule has 1 amide bonds. The summed E-state index contributed by atoms with van der Waals surface area (Å²) in [6.07, 6.45) is 1.59. The molecule has 1 aromatic heterocycles. The Morgan fingerprint density at radius 2 is 2.14 bits per heavy atom. The second-order valence-corrected chi connectivity index (χ2v) is 5.74. The normalized spacial score (nSPS) is 10.1. The predicted molar refractivity (Wildman–Crippen MR) is 91.1 cm³/mol. The molecule has 0 aliphatic heterocycles. The maximum atomic E-state index is 11.9. The van der Waals surface area contributed by atoms with Crippen LogP contribution in [0.3, 0.4) is 0 Å². The molecule has 0 saturated heterocycles. The second kappa shape index (κ2) is 8.14. The summed E-state index contributed by atoms with van der Waals surface area (Å²) in [5.41, 5.74) is 8.08. The van der Waals surface area contributed by atoms with Gasteiger partial charge in [-0.2, -0.15) is 4.98 Å². The van der Waals surface area contributed by atoms with Crippen molar-refractivity contribution < 1.29 is 9.32 Å². The van der Waals surface area contributed by atoms with Gasteiger partial charge in [0.25, 0.3) is 0 Å². The third-order valence-electron chi connectivity index (χ3n) is 2.99. The van der Waals surface area contributed by atoms with Gasteiger partial charge in [0.2, 0.25) is 11.8 Å². The molecular weight excluding hydrogens is 372 g/mol. The molecule has 0 spiro atoms. The number of aromatic nitrogens is 2. The zero-order valence-corrected chi connectivity index (χ0v) is 14.8. The minimum atomic E-state index is -0.0876. The first-order valence-electron chi connectivity index (χ1n) is 6.60. The molecule has 1 aromatic carbocycles. The summed E-state index contributed by atoms with van der Waals surface area (Å²) in [7, 11) is 0. The van der Waals surface area contributed by atoms with E-state index in [9.17, 15) is 4.79 Å². The molecule has 3 N–H and O–H groups in total. The van der Waals surface area contributed by atoms with Crippen molar-refractivity contribution in [3.05, 3.63) is 33.9 Å². The van der Waals surface area contributed by atoms with Gasteiger partial charge in [0.15, 0.2) is 5.82 Å². The van der Waals surface area contributed by atoms with Crippen LogP contribution in [0.1, 0.15) is 30.1 Å². The van der Waals surface area contributed by atoms with Gasteiger partial charge in [-0.05, 0) is 38.0 Å². The van der Waals surface area contributed by atoms with Gasteiger partial charge in [0.1, 0.15) is 0 Å². The quantitative estimate of drug-likeness (QED) is 0.764. The van der Waals surface area contributed by atoms with E-state index in [1.165, 1.54) is 0 Å². The Hall–Kier alpha value is -1.60. The standard InChI is InChI=1S/C14H17BrN4O2.ClH/c1-8-6-10(15)7-11(14(8)16)18-12(20)4-3-5-13-17-9(2)19-21-13;/h6-7H,3-5,16H2,1-2H3,(H,18,20);1H. The van der Waals surface area contributed by atoms with Gasteiger partial charge >= 0.3 is 0 Å². The van der Waals surface area contributed by atoms with Gasteiger partial charge < -0.3 is 15.6 Å². The number of hydrogen-bond acceptors (Lipinski definition) is 5. The number of carbonyl (C=O) groups excluding carboxylic acids is 1. The Morgan fingerprint density at radius 3 is 2.77 bits per heavy atom. The SMILES string of the molecule is Cc1noc(CCCC(=O)Nc2cc(Br)cc(C)c2N)n1.Cl. The maximum absolute atomic E-state index is 11.9. The molecule has 0 atom stereocenters. The van der Waals surface area contributed by atoms with E-state index in [4.69, 9.17) is 10.3 Å². The molecule has 2 rings (SSSR count). The fraction of sp³-hybridized carbons (Fsp3) is 0.357. The number of halogens is 2. The lowest BCUT2D eigenvalue weighted by Gasteiger charge is -2.11. The van der Waals surface area contributed by atoms with Crippen LogP contribution < -0.4 is 11.1 Å². The summed E-state index contributed by atoms with van der Waals surface area (Å²) >= 11 is 3.39. The maximum Gasteiger partial charge on any atom is 0.226 e. The highest BCUT2D eigenvalue weighted by molar-refractivity contribution is 9.10. The molecule has 0 bridgehead atoms. The summed E-state index contributed by atoms with van der Waals surface area (Å²) in [4.78, 5) is 16.0. The van der Waals surface area contributed by atoms with Crippen molar-refractivity contribution in [2.75, 3.05) is 11.1 Å². The van der Waals surface area contributed by atoms with Crippen molar-refractivity contribution in [3.8, 4) is 0 Å². The summed E-state index contributed by atoms with van der Waals surface area (Å²) < 4.78 is 5.88. The average molecular weight is 390 g/mol. The number of carbonyl (C=O) groups is 1. The highest BCUT2D eigenvalue weighted by Gasteiger charge is 2.09. The molecule has 0 radical (unpaired) electrons. The van der Waals surface area contributed by atoms with Crippen LogP contribution in [0.5, 0.6) is 0 Å². The number of nitrogens with two attached hydrogens (primary N) is 1. The molecule has 8 heteroatoms. The number of nitrogens with one attached hydrogen (secondary N) is 1. The zero-order valence-electron chi connectivity index (χ0n) is 12.4. The van der Waals surface area contributed by atoms with E-state index < -0.39 is 0 Å². The molecule has 0 aliphatic rings. The molecule has 6 nitrogen and oxygen atoms in total. The van der Waals surface area contributed by atoms with E-state index in [-0.39, 0.29) is 18.3 Å². The minimum Gasteiger partial charge on any atom is -0.397 e. The van der Waals surface area contributed by atoms with E-state index in [2.05, 4.69) is 31.4 Å². The van der Waals surface area contributed by atoms with Crippen molar-refractivity contribution in [1.29, 1.82) is 0 Å². The van der Waals surface area contributed by atoms with Gasteiger partial charge in [0.05, 0.1) is 11.4 Å². The number of nitrogen functional groups attached to an aromatic ring is 1. The van der Waals surface area contributed by atoms with Crippen LogP contribution in [-0.4, -0.2) is 16.0 Å². The van der Waals surface area contributed by atoms with Crippen LogP contribution in [0.25, 0.3) is 0 Å². The Balaban J connectivity index is 0.00000242. The lowest BCUT2D eigenvalue weighted by atomic mass is 10.1. The molecule has 0 fully saturated rings.